The number of aryl methyl sites for hydroxylation is 1. The van der Waals surface area contributed by atoms with Gasteiger partial charge < -0.3 is 10.5 Å². The molecule has 2 N–H and O–H groups in total. The average Bonchev–Trinajstić information content (AvgIpc) is 2.51. The number of nitrogens with zero attached hydrogens (tertiary/aromatic N) is 1. The molecule has 0 saturated heterocycles. The molecule has 80 valence electrons. The standard InChI is InChI=1S/C10H18N2OS/c1-4-8(13-3)10-12-7(2)9(14-10)5-6-11/h8H,4-6,11H2,1-3H3. The fraction of sp³-hybridized carbons (Fsp3) is 0.700. The number of ether oxygens (including phenoxy) is 1. The van der Waals surface area contributed by atoms with Crippen LogP contribution in [0.4, 0.5) is 0 Å². The first-order chi connectivity index (χ1) is 6.72. The summed E-state index contributed by atoms with van der Waals surface area (Å²) in [7, 11) is 1.73. The lowest BCUT2D eigenvalue weighted by Gasteiger charge is -2.08. The largest absolute Gasteiger partial charge is 0.374 e. The van der Waals surface area contributed by atoms with E-state index < -0.39 is 0 Å². The molecule has 0 saturated carbocycles. The minimum atomic E-state index is 0.144. The van der Waals surface area contributed by atoms with Crippen LogP contribution in [-0.4, -0.2) is 18.6 Å². The molecule has 4 heteroatoms. The van der Waals surface area contributed by atoms with Gasteiger partial charge in [0.05, 0.1) is 5.69 Å². The first-order valence-electron chi connectivity index (χ1n) is 4.92. The molecule has 0 aliphatic rings. The van der Waals surface area contributed by atoms with E-state index in [1.807, 2.05) is 6.92 Å². The minimum absolute atomic E-state index is 0.144. The first-order valence-corrected chi connectivity index (χ1v) is 5.73. The van der Waals surface area contributed by atoms with Crippen molar-refractivity contribution in [1.29, 1.82) is 0 Å². The third kappa shape index (κ3) is 2.53. The van der Waals surface area contributed by atoms with Gasteiger partial charge in [-0.1, -0.05) is 6.92 Å². The molecule has 0 aliphatic carbocycles. The van der Waals surface area contributed by atoms with E-state index in [4.69, 9.17) is 10.5 Å². The van der Waals surface area contributed by atoms with Gasteiger partial charge in [-0.15, -0.1) is 11.3 Å². The SMILES string of the molecule is CCC(OC)c1nc(C)c(CCN)s1. The highest BCUT2D eigenvalue weighted by Crippen LogP contribution is 2.27. The third-order valence-electron chi connectivity index (χ3n) is 2.21. The molecule has 0 fully saturated rings. The summed E-state index contributed by atoms with van der Waals surface area (Å²) in [4.78, 5) is 5.80. The Bertz CT molecular complexity index is 282. The molecule has 1 rings (SSSR count). The molecule has 0 amide bonds. The second kappa shape index (κ2) is 5.44. The predicted octanol–water partition coefficient (Wildman–Crippen LogP) is 2.05. The second-order valence-corrected chi connectivity index (χ2v) is 4.35. The predicted molar refractivity (Wildman–Crippen MR) is 59.7 cm³/mol. The molecular formula is C10H18N2OS. The Morgan fingerprint density at radius 1 is 1.57 bits per heavy atom. The summed E-state index contributed by atoms with van der Waals surface area (Å²) in [5, 5.41) is 1.08. The molecule has 0 aromatic carbocycles. The number of methoxy groups -OCH3 is 1. The topological polar surface area (TPSA) is 48.1 Å². The van der Waals surface area contributed by atoms with Gasteiger partial charge in [0.25, 0.3) is 0 Å². The van der Waals surface area contributed by atoms with Gasteiger partial charge in [0.2, 0.25) is 0 Å². The van der Waals surface area contributed by atoms with E-state index in [9.17, 15) is 0 Å². The lowest BCUT2D eigenvalue weighted by Crippen LogP contribution is -2.01. The Kier molecular flexibility index (Phi) is 4.51. The Labute approximate surface area is 89.3 Å². The number of thiazole rings is 1. The van der Waals surface area contributed by atoms with Gasteiger partial charge in [-0.25, -0.2) is 4.98 Å². The fourth-order valence-corrected chi connectivity index (χ4v) is 2.64. The van der Waals surface area contributed by atoms with Crippen molar-refractivity contribution in [2.45, 2.75) is 32.8 Å². The third-order valence-corrected chi connectivity index (χ3v) is 3.52. The summed E-state index contributed by atoms with van der Waals surface area (Å²) in [5.74, 6) is 0. The average molecular weight is 214 g/mol. The lowest BCUT2D eigenvalue weighted by molar-refractivity contribution is 0.0997. The Hall–Kier alpha value is -0.450. The summed E-state index contributed by atoms with van der Waals surface area (Å²) in [5.41, 5.74) is 6.63. The zero-order valence-electron chi connectivity index (χ0n) is 9.04. The van der Waals surface area contributed by atoms with Crippen molar-refractivity contribution in [1.82, 2.24) is 4.98 Å². The van der Waals surface area contributed by atoms with Gasteiger partial charge in [-0.2, -0.15) is 0 Å². The first kappa shape index (κ1) is 11.6. The number of hydrogen-bond acceptors (Lipinski definition) is 4. The van der Waals surface area contributed by atoms with Crippen LogP contribution in [0.5, 0.6) is 0 Å². The molecule has 0 spiro atoms. The maximum absolute atomic E-state index is 5.53. The van der Waals surface area contributed by atoms with Crippen LogP contribution in [0.15, 0.2) is 0 Å². The molecule has 0 bridgehead atoms. The van der Waals surface area contributed by atoms with Crippen molar-refractivity contribution in [3.05, 3.63) is 15.6 Å². The van der Waals surface area contributed by atoms with Crippen LogP contribution in [0.2, 0.25) is 0 Å². The van der Waals surface area contributed by atoms with Crippen LogP contribution in [0.3, 0.4) is 0 Å². The zero-order chi connectivity index (χ0) is 10.6. The summed E-state index contributed by atoms with van der Waals surface area (Å²) in [6, 6.07) is 0. The molecule has 1 aromatic rings. The molecule has 0 radical (unpaired) electrons. The normalized spacial score (nSPS) is 13.1. The van der Waals surface area contributed by atoms with Crippen LogP contribution in [0, 0.1) is 6.92 Å². The second-order valence-electron chi connectivity index (χ2n) is 3.23. The molecule has 1 heterocycles. The smallest absolute Gasteiger partial charge is 0.122 e. The molecule has 1 atom stereocenters. The Morgan fingerprint density at radius 2 is 2.29 bits per heavy atom. The maximum Gasteiger partial charge on any atom is 0.122 e. The minimum Gasteiger partial charge on any atom is -0.374 e. The van der Waals surface area contributed by atoms with E-state index >= 15 is 0 Å². The highest BCUT2D eigenvalue weighted by molar-refractivity contribution is 7.11. The number of rotatable bonds is 5. The summed E-state index contributed by atoms with van der Waals surface area (Å²) in [6.07, 6.45) is 2.03. The van der Waals surface area contributed by atoms with E-state index in [2.05, 4.69) is 11.9 Å². The van der Waals surface area contributed by atoms with Crippen LogP contribution in [0.1, 0.15) is 35.0 Å². The zero-order valence-corrected chi connectivity index (χ0v) is 9.86. The van der Waals surface area contributed by atoms with Gasteiger partial charge >= 0.3 is 0 Å². The van der Waals surface area contributed by atoms with Gasteiger partial charge in [-0.05, 0) is 26.3 Å². The maximum atomic E-state index is 5.53. The number of hydrogen-bond donors (Lipinski definition) is 1. The van der Waals surface area contributed by atoms with Crippen molar-refractivity contribution in [2.24, 2.45) is 5.73 Å². The Balaban J connectivity index is 2.83. The summed E-state index contributed by atoms with van der Waals surface area (Å²) < 4.78 is 5.35. The monoisotopic (exact) mass is 214 g/mol. The van der Waals surface area contributed by atoms with Crippen molar-refractivity contribution in [3.63, 3.8) is 0 Å². The molecular weight excluding hydrogens is 196 g/mol. The van der Waals surface area contributed by atoms with E-state index in [0.29, 0.717) is 6.54 Å². The van der Waals surface area contributed by atoms with Gasteiger partial charge in [0.1, 0.15) is 11.1 Å². The molecule has 1 unspecified atom stereocenters. The van der Waals surface area contributed by atoms with Gasteiger partial charge in [0.15, 0.2) is 0 Å². The molecule has 3 nitrogen and oxygen atoms in total. The molecule has 14 heavy (non-hydrogen) atoms. The summed E-state index contributed by atoms with van der Waals surface area (Å²) in [6.45, 7) is 4.83. The Morgan fingerprint density at radius 3 is 2.79 bits per heavy atom. The van der Waals surface area contributed by atoms with Crippen molar-refractivity contribution in [2.75, 3.05) is 13.7 Å². The van der Waals surface area contributed by atoms with Gasteiger partial charge in [0, 0.05) is 12.0 Å². The van der Waals surface area contributed by atoms with Crippen LogP contribution >= 0.6 is 11.3 Å². The van der Waals surface area contributed by atoms with Crippen LogP contribution in [0.25, 0.3) is 0 Å². The highest BCUT2D eigenvalue weighted by Gasteiger charge is 2.14. The number of nitrogens with two attached hydrogens (primary N) is 1. The molecule has 1 aromatic heterocycles. The molecule has 0 aliphatic heterocycles. The quantitative estimate of drug-likeness (QED) is 0.816. The van der Waals surface area contributed by atoms with E-state index in [-0.39, 0.29) is 6.10 Å². The van der Waals surface area contributed by atoms with Crippen molar-refractivity contribution >= 4 is 11.3 Å². The number of aromatic nitrogens is 1. The van der Waals surface area contributed by atoms with Crippen LogP contribution < -0.4 is 5.73 Å². The highest BCUT2D eigenvalue weighted by atomic mass is 32.1. The van der Waals surface area contributed by atoms with E-state index in [1.165, 1.54) is 4.88 Å². The lowest BCUT2D eigenvalue weighted by atomic mass is 10.3. The summed E-state index contributed by atoms with van der Waals surface area (Å²) >= 11 is 1.73. The van der Waals surface area contributed by atoms with Gasteiger partial charge in [-0.3, -0.25) is 0 Å². The van der Waals surface area contributed by atoms with E-state index in [1.54, 1.807) is 18.4 Å². The van der Waals surface area contributed by atoms with Crippen LogP contribution in [-0.2, 0) is 11.2 Å². The van der Waals surface area contributed by atoms with E-state index in [0.717, 1.165) is 23.5 Å². The fourth-order valence-electron chi connectivity index (χ4n) is 1.39. The van der Waals surface area contributed by atoms with Crippen molar-refractivity contribution in [3.8, 4) is 0 Å². The van der Waals surface area contributed by atoms with Crippen molar-refractivity contribution < 1.29 is 4.74 Å².